The Bertz CT molecular complexity index is 229. The van der Waals surface area contributed by atoms with Crippen molar-refractivity contribution in [3.05, 3.63) is 12.2 Å². The highest BCUT2D eigenvalue weighted by atomic mass is 31.2. The SMILES string of the molecule is C=C(C)C(=O)O.CCOP(=O)(CC)OC. The molecule has 0 amide bonds. The predicted octanol–water partition coefficient (Wildman–Crippen LogP) is 2.53. The van der Waals surface area contributed by atoms with Gasteiger partial charge in [-0.05, 0) is 13.8 Å². The van der Waals surface area contributed by atoms with Crippen LogP contribution < -0.4 is 0 Å². The standard InChI is InChI=1S/C5H13O3P.C4H6O2/c1-4-8-9(6,5-2)7-3;1-3(2)4(5)6/h4-5H2,1-3H3;1H2,2H3,(H,5,6). The smallest absolute Gasteiger partial charge is 0.330 e. The third-order valence-electron chi connectivity index (χ3n) is 1.36. The van der Waals surface area contributed by atoms with Crippen LogP contribution in [0.5, 0.6) is 0 Å². The second kappa shape index (κ2) is 8.65. The van der Waals surface area contributed by atoms with Gasteiger partial charge in [0.2, 0.25) is 0 Å². The molecule has 0 aliphatic carbocycles. The molecule has 1 unspecified atom stereocenters. The summed E-state index contributed by atoms with van der Waals surface area (Å²) in [7, 11) is -1.28. The average molecular weight is 238 g/mol. The van der Waals surface area contributed by atoms with Crippen LogP contribution in [0.3, 0.4) is 0 Å². The lowest BCUT2D eigenvalue weighted by Gasteiger charge is -2.11. The van der Waals surface area contributed by atoms with Crippen LogP contribution in [0.1, 0.15) is 20.8 Å². The minimum atomic E-state index is -2.68. The summed E-state index contributed by atoms with van der Waals surface area (Å²) in [5.74, 6) is -0.935. The van der Waals surface area contributed by atoms with E-state index >= 15 is 0 Å². The molecular formula is C9H19O5P. The van der Waals surface area contributed by atoms with Crippen molar-refractivity contribution >= 4 is 13.6 Å². The Morgan fingerprint density at radius 2 is 1.87 bits per heavy atom. The summed E-state index contributed by atoms with van der Waals surface area (Å²) in [5.41, 5.74) is 0.176. The Kier molecular flexibility index (Phi) is 9.68. The molecule has 0 aromatic heterocycles. The molecule has 0 aliphatic rings. The first-order chi connectivity index (χ1) is 6.82. The van der Waals surface area contributed by atoms with Crippen molar-refractivity contribution in [2.24, 2.45) is 0 Å². The summed E-state index contributed by atoms with van der Waals surface area (Å²) in [6, 6.07) is 0. The van der Waals surface area contributed by atoms with Gasteiger partial charge >= 0.3 is 13.6 Å². The van der Waals surface area contributed by atoms with Crippen LogP contribution in [0.25, 0.3) is 0 Å². The highest BCUT2D eigenvalue weighted by molar-refractivity contribution is 7.53. The number of carboxylic acid groups (broad SMARTS) is 1. The fourth-order valence-corrected chi connectivity index (χ4v) is 1.41. The van der Waals surface area contributed by atoms with Crippen molar-refractivity contribution in [1.29, 1.82) is 0 Å². The third-order valence-corrected chi connectivity index (χ3v) is 3.34. The van der Waals surface area contributed by atoms with Crippen LogP contribution in [0.4, 0.5) is 0 Å². The lowest BCUT2D eigenvalue weighted by Crippen LogP contribution is -1.93. The molecule has 0 fully saturated rings. The lowest BCUT2D eigenvalue weighted by molar-refractivity contribution is -0.132. The molecule has 0 heterocycles. The molecule has 15 heavy (non-hydrogen) atoms. The monoisotopic (exact) mass is 238 g/mol. The molecule has 0 aromatic carbocycles. The van der Waals surface area contributed by atoms with Crippen molar-refractivity contribution < 1.29 is 23.5 Å². The van der Waals surface area contributed by atoms with Gasteiger partial charge in [-0.25, -0.2) is 4.79 Å². The van der Waals surface area contributed by atoms with Crippen molar-refractivity contribution in [2.45, 2.75) is 20.8 Å². The van der Waals surface area contributed by atoms with E-state index in [4.69, 9.17) is 9.63 Å². The molecule has 90 valence electrons. The maximum atomic E-state index is 11.1. The first-order valence-corrected chi connectivity index (χ1v) is 6.23. The minimum absolute atomic E-state index is 0.176. The Morgan fingerprint density at radius 1 is 1.47 bits per heavy atom. The van der Waals surface area contributed by atoms with Gasteiger partial charge in [-0.15, -0.1) is 0 Å². The van der Waals surface area contributed by atoms with Crippen LogP contribution >= 0.6 is 7.60 Å². The molecule has 0 aromatic rings. The summed E-state index contributed by atoms with van der Waals surface area (Å²) in [6.07, 6.45) is 0.442. The van der Waals surface area contributed by atoms with E-state index in [-0.39, 0.29) is 5.57 Å². The Balaban J connectivity index is 0. The average Bonchev–Trinajstić information content (AvgIpc) is 2.19. The van der Waals surface area contributed by atoms with E-state index in [1.54, 1.807) is 13.8 Å². The fraction of sp³-hybridized carbons (Fsp3) is 0.667. The Hall–Kier alpha value is -0.640. The van der Waals surface area contributed by atoms with E-state index in [2.05, 4.69) is 11.1 Å². The lowest BCUT2D eigenvalue weighted by atomic mass is 10.4. The summed E-state index contributed by atoms with van der Waals surface area (Å²) >= 11 is 0. The largest absolute Gasteiger partial charge is 0.478 e. The van der Waals surface area contributed by atoms with Crippen LogP contribution in [0, 0.1) is 0 Å². The summed E-state index contributed by atoms with van der Waals surface area (Å²) < 4.78 is 20.6. The number of carbonyl (C=O) groups is 1. The highest BCUT2D eigenvalue weighted by Gasteiger charge is 2.17. The maximum Gasteiger partial charge on any atom is 0.330 e. The highest BCUT2D eigenvalue weighted by Crippen LogP contribution is 2.46. The summed E-state index contributed by atoms with van der Waals surface area (Å²) in [5, 5.41) is 7.89. The van der Waals surface area contributed by atoms with Gasteiger partial charge in [-0.2, -0.15) is 0 Å². The van der Waals surface area contributed by atoms with Gasteiger partial charge < -0.3 is 14.2 Å². The van der Waals surface area contributed by atoms with Crippen molar-refractivity contribution in [2.75, 3.05) is 19.9 Å². The molecule has 0 bridgehead atoms. The molecule has 1 atom stereocenters. The van der Waals surface area contributed by atoms with E-state index in [0.717, 1.165) is 0 Å². The zero-order valence-corrected chi connectivity index (χ0v) is 10.5. The van der Waals surface area contributed by atoms with Crippen LogP contribution in [-0.4, -0.2) is 31.0 Å². The van der Waals surface area contributed by atoms with Gasteiger partial charge in [0.1, 0.15) is 0 Å². The van der Waals surface area contributed by atoms with Crippen LogP contribution in [0.15, 0.2) is 12.2 Å². The zero-order valence-electron chi connectivity index (χ0n) is 9.65. The second-order valence-corrected chi connectivity index (χ2v) is 5.09. The van der Waals surface area contributed by atoms with Crippen molar-refractivity contribution in [3.8, 4) is 0 Å². The number of aliphatic carboxylic acids is 1. The molecule has 0 aliphatic heterocycles. The first kappa shape index (κ1) is 16.8. The molecule has 6 heteroatoms. The number of hydrogen-bond donors (Lipinski definition) is 1. The quantitative estimate of drug-likeness (QED) is 0.588. The van der Waals surface area contributed by atoms with E-state index < -0.39 is 13.6 Å². The molecule has 0 saturated heterocycles. The minimum Gasteiger partial charge on any atom is -0.478 e. The van der Waals surface area contributed by atoms with Gasteiger partial charge in [-0.3, -0.25) is 4.57 Å². The molecule has 0 saturated carbocycles. The molecule has 1 N–H and O–H groups in total. The van der Waals surface area contributed by atoms with Gasteiger partial charge in [0.25, 0.3) is 0 Å². The first-order valence-electron chi connectivity index (χ1n) is 4.51. The number of rotatable bonds is 5. The Labute approximate surface area is 90.6 Å². The maximum absolute atomic E-state index is 11.1. The molecule has 0 rings (SSSR count). The normalized spacial score (nSPS) is 13.3. The summed E-state index contributed by atoms with van der Waals surface area (Å²) in [4.78, 5) is 9.60. The van der Waals surface area contributed by atoms with E-state index in [1.165, 1.54) is 14.0 Å². The van der Waals surface area contributed by atoms with Crippen LogP contribution in [-0.2, 0) is 18.4 Å². The number of hydrogen-bond acceptors (Lipinski definition) is 4. The third kappa shape index (κ3) is 9.66. The second-order valence-electron chi connectivity index (χ2n) is 2.61. The number of carboxylic acids is 1. The molecule has 0 radical (unpaired) electrons. The van der Waals surface area contributed by atoms with E-state index in [9.17, 15) is 9.36 Å². The fourth-order valence-electron chi connectivity index (χ4n) is 0.470. The topological polar surface area (TPSA) is 72.8 Å². The van der Waals surface area contributed by atoms with Gasteiger partial charge in [0, 0.05) is 18.8 Å². The molecule has 0 spiro atoms. The van der Waals surface area contributed by atoms with Gasteiger partial charge in [0.15, 0.2) is 0 Å². The van der Waals surface area contributed by atoms with E-state index in [1.807, 2.05) is 0 Å². The zero-order chi connectivity index (χ0) is 12.5. The predicted molar refractivity (Wildman–Crippen MR) is 59.2 cm³/mol. The van der Waals surface area contributed by atoms with Gasteiger partial charge in [0.05, 0.1) is 6.61 Å². The van der Waals surface area contributed by atoms with Crippen molar-refractivity contribution in [3.63, 3.8) is 0 Å². The Morgan fingerprint density at radius 3 is 1.93 bits per heavy atom. The van der Waals surface area contributed by atoms with Crippen molar-refractivity contribution in [1.82, 2.24) is 0 Å². The summed E-state index contributed by atoms with van der Waals surface area (Å²) in [6.45, 7) is 8.62. The molecular weight excluding hydrogens is 219 g/mol. The van der Waals surface area contributed by atoms with Crippen LogP contribution in [0.2, 0.25) is 0 Å². The molecule has 5 nitrogen and oxygen atoms in total. The van der Waals surface area contributed by atoms with Gasteiger partial charge in [-0.1, -0.05) is 13.5 Å². The van der Waals surface area contributed by atoms with E-state index in [0.29, 0.717) is 12.8 Å².